The predicted molar refractivity (Wildman–Crippen MR) is 88.7 cm³/mol. The molecule has 0 fully saturated rings. The molecule has 0 aliphatic carbocycles. The number of carbonyl (C=O) groups is 1. The van der Waals surface area contributed by atoms with E-state index in [0.29, 0.717) is 5.56 Å². The van der Waals surface area contributed by atoms with Gasteiger partial charge in [-0.25, -0.2) is 0 Å². The molecule has 3 rings (SSSR count). The average molecular weight is 428 g/mol. The van der Waals surface area contributed by atoms with E-state index in [1.165, 1.54) is 17.1 Å². The van der Waals surface area contributed by atoms with Crippen molar-refractivity contribution >= 4 is 28.9 Å². The van der Waals surface area contributed by atoms with Gasteiger partial charge in [0.25, 0.3) is 0 Å². The average Bonchev–Trinajstić information content (AvgIpc) is 3.07. The molecule has 1 N–H and O–H groups in total. The molecule has 0 aliphatic heterocycles. The van der Waals surface area contributed by atoms with Crippen molar-refractivity contribution in [3.8, 4) is 17.1 Å². The van der Waals surface area contributed by atoms with Gasteiger partial charge in [-0.05, 0) is 0 Å². The predicted octanol–water partition coefficient (Wildman–Crippen LogP) is 2.30. The molecule has 0 saturated heterocycles. The zero-order chi connectivity index (χ0) is 21.2. The fourth-order valence-electron chi connectivity index (χ4n) is 2.21. The van der Waals surface area contributed by atoms with Crippen LogP contribution in [0.15, 0.2) is 30.6 Å². The van der Waals surface area contributed by atoms with E-state index in [2.05, 4.69) is 25.6 Å². The van der Waals surface area contributed by atoms with Crippen molar-refractivity contribution in [2.75, 3.05) is 12.4 Å². The van der Waals surface area contributed by atoms with E-state index < -0.39 is 13.0 Å². The first-order chi connectivity index (χ1) is 13.7. The number of halogens is 1. The van der Waals surface area contributed by atoms with E-state index in [1.807, 2.05) is 0 Å². The fraction of sp³-hybridized carbons (Fsp3) is 0.133. The van der Waals surface area contributed by atoms with Crippen LogP contribution in [0.5, 0.6) is 5.75 Å². The van der Waals surface area contributed by atoms with Crippen LogP contribution in [0, 0.1) is 0 Å². The molecular weight excluding hydrogens is 413 g/mol. The third-order valence-electron chi connectivity index (χ3n) is 3.32. The number of aryl methyl sites for hydroxylation is 1. The topological polar surface area (TPSA) is 104 Å². The number of nitrogens with one attached hydrogen (secondary N) is 1. The number of benzene rings is 1. The van der Waals surface area contributed by atoms with Crippen LogP contribution in [0.3, 0.4) is 0 Å². The van der Waals surface area contributed by atoms with Crippen molar-refractivity contribution in [1.29, 1.82) is 0 Å². The standard InChI is InChI=1S/C15H13ClN6O3.Zn/c1-22-7-17-14(21-22)8-4-3-5-9(13(8)25-2)18-10-6-11(16)19-20-12(10)15(23)24;/h3-7H,1-2H3,(H,18,19)(H,23,24);/q;+1/p-1/i2D3;. The normalized spacial score (nSPS) is 12.7. The first-order valence-corrected chi connectivity index (χ1v) is 8.71. The summed E-state index contributed by atoms with van der Waals surface area (Å²) < 4.78 is 34.0. The number of rotatable bonds is 5. The molecule has 2 aromatic heterocycles. The maximum atomic E-state index is 12.0. The van der Waals surface area contributed by atoms with Gasteiger partial charge in [-0.3, -0.25) is 0 Å². The van der Waals surface area contributed by atoms with Crippen LogP contribution in [0.25, 0.3) is 11.4 Å². The van der Waals surface area contributed by atoms with Crippen molar-refractivity contribution in [3.05, 3.63) is 41.4 Å². The second-order valence-electron chi connectivity index (χ2n) is 5.01. The van der Waals surface area contributed by atoms with Crippen LogP contribution in [0.2, 0.25) is 5.15 Å². The second kappa shape index (κ2) is 7.76. The number of hydrogen-bond acceptors (Lipinski definition) is 8. The summed E-state index contributed by atoms with van der Waals surface area (Å²) in [5.74, 6) is -0.465. The Labute approximate surface area is 168 Å². The van der Waals surface area contributed by atoms with Crippen LogP contribution in [0.1, 0.15) is 14.6 Å². The van der Waals surface area contributed by atoms with Crippen molar-refractivity contribution in [3.63, 3.8) is 0 Å². The Balaban J connectivity index is 2.13. The first kappa shape index (κ1) is 14.6. The van der Waals surface area contributed by atoms with E-state index in [-0.39, 0.29) is 52.5 Å². The quantitative estimate of drug-likeness (QED) is 0.618. The molecule has 9 nitrogen and oxygen atoms in total. The summed E-state index contributed by atoms with van der Waals surface area (Å²) in [6.45, 7) is 0. The van der Waals surface area contributed by atoms with Gasteiger partial charge in [0.05, 0.1) is 0 Å². The number of hydrogen-bond donors (Lipinski definition) is 1. The van der Waals surface area contributed by atoms with Crippen LogP contribution < -0.4 is 10.1 Å². The Morgan fingerprint density at radius 2 is 2.23 bits per heavy atom. The monoisotopic (exact) mass is 426 g/mol. The molecule has 11 heteroatoms. The number of anilines is 2. The van der Waals surface area contributed by atoms with Gasteiger partial charge in [-0.2, -0.15) is 0 Å². The molecule has 26 heavy (non-hydrogen) atoms. The van der Waals surface area contributed by atoms with Gasteiger partial charge < -0.3 is 0 Å². The molecule has 0 spiro atoms. The molecule has 0 atom stereocenters. The molecule has 0 aliphatic rings. The second-order valence-corrected chi connectivity index (χ2v) is 6.01. The van der Waals surface area contributed by atoms with Crippen molar-refractivity contribution < 1.29 is 35.9 Å². The Bertz CT molecular complexity index is 1060. The molecule has 0 saturated carbocycles. The minimum absolute atomic E-state index is 0.0250. The van der Waals surface area contributed by atoms with Crippen molar-refractivity contribution in [2.45, 2.75) is 0 Å². The Morgan fingerprint density at radius 1 is 1.38 bits per heavy atom. The Morgan fingerprint density at radius 3 is 2.92 bits per heavy atom. The van der Waals surface area contributed by atoms with Crippen LogP contribution >= 0.6 is 11.6 Å². The summed E-state index contributed by atoms with van der Waals surface area (Å²) in [5.41, 5.74) is 0.634. The van der Waals surface area contributed by atoms with Crippen molar-refractivity contribution in [1.82, 2.24) is 25.0 Å². The summed E-state index contributed by atoms with van der Waals surface area (Å²) in [4.78, 5) is 16.2. The first-order valence-electron chi connectivity index (χ1n) is 8.62. The van der Waals surface area contributed by atoms with E-state index >= 15 is 0 Å². The van der Waals surface area contributed by atoms with E-state index in [4.69, 9.17) is 24.0 Å². The SMILES string of the molecule is [2H]C([2H])([2H])Oc1c(Nc2cc(Cl)nnc2C(=O)[O][Zn])cccc1-c1ncn(C)n1. The van der Waals surface area contributed by atoms with Gasteiger partial charge in [0, 0.05) is 0 Å². The summed E-state index contributed by atoms with van der Waals surface area (Å²) in [6, 6.07) is 6.20. The fourth-order valence-corrected chi connectivity index (χ4v) is 2.65. The van der Waals surface area contributed by atoms with E-state index in [0.717, 1.165) is 0 Å². The maximum absolute atomic E-state index is 12.0. The van der Waals surface area contributed by atoms with Crippen LogP contribution in [0.4, 0.5) is 11.4 Å². The molecule has 1 aromatic carbocycles. The third-order valence-corrected chi connectivity index (χ3v) is 4.05. The molecule has 0 unspecified atom stereocenters. The van der Waals surface area contributed by atoms with Crippen LogP contribution in [-0.4, -0.2) is 38.0 Å². The number of nitrogens with zero attached hydrogens (tertiary/aromatic N) is 5. The molecule has 2 heterocycles. The van der Waals surface area contributed by atoms with E-state index in [9.17, 15) is 4.79 Å². The summed E-state index contributed by atoms with van der Waals surface area (Å²) >= 11 is 6.17. The Kier molecular flexibility index (Phi) is 4.35. The van der Waals surface area contributed by atoms with Gasteiger partial charge in [-0.15, -0.1) is 0 Å². The molecule has 0 bridgehead atoms. The molecule has 0 amide bonds. The molecule has 0 radical (unpaired) electrons. The number of methoxy groups -OCH3 is 1. The zero-order valence-corrected chi connectivity index (χ0v) is 17.2. The van der Waals surface area contributed by atoms with Gasteiger partial charge in [-0.1, -0.05) is 0 Å². The van der Waals surface area contributed by atoms with Gasteiger partial charge in [0.1, 0.15) is 0 Å². The van der Waals surface area contributed by atoms with Gasteiger partial charge in [0.15, 0.2) is 0 Å². The molecular formula is C15H12ClN6O3Zn. The minimum atomic E-state index is -2.74. The number of aromatic nitrogens is 5. The van der Waals surface area contributed by atoms with Crippen molar-refractivity contribution in [2.24, 2.45) is 7.05 Å². The summed E-state index contributed by atoms with van der Waals surface area (Å²) in [5, 5.41) is 14.5. The summed E-state index contributed by atoms with van der Waals surface area (Å²) in [6.07, 6.45) is 1.47. The molecule has 3 aromatic rings. The number of carbonyl (C=O) groups excluding carboxylic acids is 1. The van der Waals surface area contributed by atoms with Crippen LogP contribution in [-0.2, 0) is 29.3 Å². The van der Waals surface area contributed by atoms with Gasteiger partial charge >= 0.3 is 168 Å². The molecule has 129 valence electrons. The number of ether oxygens (including phenoxy) is 1. The Hall–Kier alpha value is -2.58. The van der Waals surface area contributed by atoms with Gasteiger partial charge in [0.2, 0.25) is 0 Å². The number of para-hydroxylation sites is 1. The summed E-state index contributed by atoms with van der Waals surface area (Å²) in [7, 11) is -1.06. The van der Waals surface area contributed by atoms with E-state index in [1.54, 1.807) is 25.2 Å². The third kappa shape index (κ3) is 3.66. The zero-order valence-electron chi connectivity index (χ0n) is 16.4.